The van der Waals surface area contributed by atoms with Gasteiger partial charge in [-0.1, -0.05) is 29.0 Å². The summed E-state index contributed by atoms with van der Waals surface area (Å²) in [4.78, 5) is 20.3. The van der Waals surface area contributed by atoms with E-state index in [1.807, 2.05) is 45.2 Å². The van der Waals surface area contributed by atoms with Crippen LogP contribution >= 0.6 is 22.9 Å². The zero-order chi connectivity index (χ0) is 24.8. The first kappa shape index (κ1) is 24.8. The Hall–Kier alpha value is -3.30. The van der Waals surface area contributed by atoms with Gasteiger partial charge in [0, 0.05) is 24.5 Å². The van der Waals surface area contributed by atoms with Crippen molar-refractivity contribution in [1.82, 2.24) is 14.8 Å². The van der Waals surface area contributed by atoms with Crippen molar-refractivity contribution >= 4 is 44.2 Å². The van der Waals surface area contributed by atoms with E-state index in [9.17, 15) is 4.79 Å². The Morgan fingerprint density at radius 3 is 2.37 bits per heavy atom. The van der Waals surface area contributed by atoms with Crippen LogP contribution in [-0.2, 0) is 6.54 Å². The van der Waals surface area contributed by atoms with Crippen LogP contribution in [0.4, 0.5) is 5.13 Å². The Morgan fingerprint density at radius 2 is 1.77 bits per heavy atom. The molecule has 1 amide bonds. The molecule has 0 unspecified atom stereocenters. The summed E-state index contributed by atoms with van der Waals surface area (Å²) in [6.07, 6.45) is 3.56. The fourth-order valence-electron chi connectivity index (χ4n) is 3.61. The zero-order valence-corrected chi connectivity index (χ0v) is 21.4. The van der Waals surface area contributed by atoms with Crippen LogP contribution in [0.2, 0.25) is 5.02 Å². The van der Waals surface area contributed by atoms with E-state index in [2.05, 4.69) is 5.10 Å². The number of halogens is 1. The van der Waals surface area contributed by atoms with E-state index < -0.39 is 0 Å². The van der Waals surface area contributed by atoms with Gasteiger partial charge < -0.3 is 14.2 Å². The fourth-order valence-corrected chi connectivity index (χ4v) is 4.90. The highest BCUT2D eigenvalue weighted by atomic mass is 35.5. The minimum Gasteiger partial charge on any atom is -0.490 e. The van der Waals surface area contributed by atoms with E-state index in [0.29, 0.717) is 71.4 Å². The zero-order valence-electron chi connectivity index (χ0n) is 19.9. The lowest BCUT2D eigenvalue weighted by Crippen LogP contribution is -2.34. The van der Waals surface area contributed by atoms with Gasteiger partial charge >= 0.3 is 0 Å². The number of carbonyl (C=O) groups is 1. The molecule has 184 valence electrons. The van der Waals surface area contributed by atoms with Gasteiger partial charge in [0.05, 0.1) is 36.1 Å². The predicted molar refractivity (Wildman–Crippen MR) is 138 cm³/mol. The number of hydrogen-bond donors (Lipinski definition) is 0. The highest BCUT2D eigenvalue weighted by Gasteiger charge is 2.25. The number of aromatic nitrogens is 3. The van der Waals surface area contributed by atoms with Crippen LogP contribution in [-0.4, -0.2) is 47.0 Å². The first-order valence-electron chi connectivity index (χ1n) is 11.5. The monoisotopic (exact) mass is 514 g/mol. The molecule has 0 bridgehead atoms. The molecule has 10 heteroatoms. The summed E-state index contributed by atoms with van der Waals surface area (Å²) in [5, 5.41) is 5.36. The summed E-state index contributed by atoms with van der Waals surface area (Å²) >= 11 is 7.78. The van der Waals surface area contributed by atoms with Gasteiger partial charge in [0.2, 0.25) is 5.75 Å². The van der Waals surface area contributed by atoms with Crippen molar-refractivity contribution in [2.45, 2.75) is 27.3 Å². The van der Waals surface area contributed by atoms with E-state index in [1.54, 1.807) is 34.0 Å². The van der Waals surface area contributed by atoms with Gasteiger partial charge in [-0.3, -0.25) is 14.4 Å². The summed E-state index contributed by atoms with van der Waals surface area (Å²) in [7, 11) is 0. The lowest BCUT2D eigenvalue weighted by Gasteiger charge is -2.22. The Kier molecular flexibility index (Phi) is 8.09. The molecule has 0 atom stereocenters. The van der Waals surface area contributed by atoms with E-state index >= 15 is 0 Å². The number of amides is 1. The molecular weight excluding hydrogens is 488 g/mol. The lowest BCUT2D eigenvalue weighted by atomic mass is 10.1. The molecule has 0 N–H and O–H groups in total. The largest absolute Gasteiger partial charge is 0.490 e. The summed E-state index contributed by atoms with van der Waals surface area (Å²) < 4.78 is 20.1. The highest BCUT2D eigenvalue weighted by molar-refractivity contribution is 7.22. The third-order valence-corrected chi connectivity index (χ3v) is 6.45. The molecule has 0 radical (unpaired) electrons. The maximum Gasteiger partial charge on any atom is 0.260 e. The fraction of sp³-hybridized carbons (Fsp3) is 0.320. The number of anilines is 1. The predicted octanol–water partition coefficient (Wildman–Crippen LogP) is 5.69. The molecule has 0 aliphatic heterocycles. The van der Waals surface area contributed by atoms with Gasteiger partial charge in [-0.05, 0) is 51.1 Å². The summed E-state index contributed by atoms with van der Waals surface area (Å²) in [6.45, 7) is 7.79. The summed E-state index contributed by atoms with van der Waals surface area (Å²) in [5.74, 6) is 1.17. The SMILES string of the molecule is CCOc1cc(C(=O)N(CCn2cccn2)c2nc3c(Cl)cccc3s2)cc(OCC)c1OCC. The minimum absolute atomic E-state index is 0.239. The number of nitrogens with zero attached hydrogens (tertiary/aromatic N) is 4. The van der Waals surface area contributed by atoms with Crippen LogP contribution in [0.3, 0.4) is 0 Å². The molecule has 2 aromatic heterocycles. The van der Waals surface area contributed by atoms with Crippen molar-refractivity contribution in [2.24, 2.45) is 0 Å². The number of rotatable bonds is 11. The van der Waals surface area contributed by atoms with Gasteiger partial charge in [0.1, 0.15) is 5.52 Å². The maximum absolute atomic E-state index is 13.9. The molecule has 0 fully saturated rings. The van der Waals surface area contributed by atoms with Gasteiger partial charge in [-0.25, -0.2) is 4.98 Å². The topological polar surface area (TPSA) is 78.7 Å². The van der Waals surface area contributed by atoms with Gasteiger partial charge in [0.25, 0.3) is 5.91 Å². The molecule has 4 rings (SSSR count). The average Bonchev–Trinajstić information content (AvgIpc) is 3.52. The second-order valence-electron chi connectivity index (χ2n) is 7.41. The normalized spacial score (nSPS) is 11.0. The Bertz CT molecular complexity index is 1270. The molecule has 2 aromatic carbocycles. The molecule has 0 saturated carbocycles. The molecular formula is C25H27ClN4O4S. The molecule has 0 aliphatic rings. The summed E-state index contributed by atoms with van der Waals surface area (Å²) in [5.41, 5.74) is 1.08. The van der Waals surface area contributed by atoms with Crippen molar-refractivity contribution in [1.29, 1.82) is 0 Å². The first-order chi connectivity index (χ1) is 17.0. The lowest BCUT2D eigenvalue weighted by molar-refractivity contribution is 0.0984. The second kappa shape index (κ2) is 11.4. The van der Waals surface area contributed by atoms with Crippen LogP contribution in [0.15, 0.2) is 48.8 Å². The van der Waals surface area contributed by atoms with Gasteiger partial charge in [-0.15, -0.1) is 0 Å². The number of thiazole rings is 1. The average molecular weight is 515 g/mol. The number of hydrogen-bond acceptors (Lipinski definition) is 7. The Balaban J connectivity index is 1.77. The van der Waals surface area contributed by atoms with Crippen molar-refractivity contribution < 1.29 is 19.0 Å². The number of para-hydroxylation sites is 1. The molecule has 0 saturated heterocycles. The highest BCUT2D eigenvalue weighted by Crippen LogP contribution is 2.40. The molecule has 8 nitrogen and oxygen atoms in total. The van der Waals surface area contributed by atoms with Crippen LogP contribution in [0.1, 0.15) is 31.1 Å². The second-order valence-corrected chi connectivity index (χ2v) is 8.83. The number of benzene rings is 2. The Morgan fingerprint density at radius 1 is 1.06 bits per heavy atom. The van der Waals surface area contributed by atoms with Crippen molar-refractivity contribution in [3.63, 3.8) is 0 Å². The number of fused-ring (bicyclic) bond motifs is 1. The first-order valence-corrected chi connectivity index (χ1v) is 12.7. The van der Waals surface area contributed by atoms with E-state index in [-0.39, 0.29) is 5.91 Å². The molecule has 0 aliphatic carbocycles. The minimum atomic E-state index is -0.239. The van der Waals surface area contributed by atoms with E-state index in [0.717, 1.165) is 4.70 Å². The van der Waals surface area contributed by atoms with Crippen molar-refractivity contribution in [2.75, 3.05) is 31.3 Å². The van der Waals surface area contributed by atoms with Crippen molar-refractivity contribution in [3.8, 4) is 17.2 Å². The van der Waals surface area contributed by atoms with Crippen LogP contribution in [0.25, 0.3) is 10.2 Å². The van der Waals surface area contributed by atoms with Gasteiger partial charge in [-0.2, -0.15) is 5.10 Å². The Labute approximate surface area is 213 Å². The third-order valence-electron chi connectivity index (χ3n) is 5.10. The van der Waals surface area contributed by atoms with Crippen LogP contribution in [0.5, 0.6) is 17.2 Å². The van der Waals surface area contributed by atoms with Crippen molar-refractivity contribution in [3.05, 3.63) is 59.4 Å². The maximum atomic E-state index is 13.9. The molecule has 2 heterocycles. The number of ether oxygens (including phenoxy) is 3. The van der Waals surface area contributed by atoms with Gasteiger partial charge in [0.15, 0.2) is 16.6 Å². The summed E-state index contributed by atoms with van der Waals surface area (Å²) in [6, 6.07) is 10.8. The number of carbonyl (C=O) groups excluding carboxylic acids is 1. The molecule has 35 heavy (non-hydrogen) atoms. The third kappa shape index (κ3) is 5.52. The smallest absolute Gasteiger partial charge is 0.260 e. The molecule has 4 aromatic rings. The van der Waals surface area contributed by atoms with E-state index in [4.69, 9.17) is 30.8 Å². The standard InChI is InChI=1S/C25H27ClN4O4S/c1-4-32-19-15-17(16-20(33-5-2)23(19)34-6-3)24(31)30(14-13-29-12-8-11-27-29)25-28-22-18(26)9-7-10-21(22)35-25/h7-12,15-16H,4-6,13-14H2,1-3H3. The van der Waals surface area contributed by atoms with Crippen LogP contribution < -0.4 is 19.1 Å². The quantitative estimate of drug-likeness (QED) is 0.256. The van der Waals surface area contributed by atoms with Crippen LogP contribution in [0, 0.1) is 0 Å². The van der Waals surface area contributed by atoms with E-state index in [1.165, 1.54) is 11.3 Å². The molecule has 0 spiro atoms.